The van der Waals surface area contributed by atoms with E-state index in [1.54, 1.807) is 12.1 Å². The van der Waals surface area contributed by atoms with Crippen molar-refractivity contribution in [2.75, 3.05) is 18.1 Å². The van der Waals surface area contributed by atoms with Crippen molar-refractivity contribution in [2.45, 2.75) is 24.2 Å². The third-order valence-electron chi connectivity index (χ3n) is 3.09. The van der Waals surface area contributed by atoms with Crippen molar-refractivity contribution in [3.8, 4) is 0 Å². The molecule has 0 spiro atoms. The van der Waals surface area contributed by atoms with Gasteiger partial charge in [-0.1, -0.05) is 18.6 Å². The Morgan fingerprint density at radius 1 is 1.31 bits per heavy atom. The lowest BCUT2D eigenvalue weighted by atomic mass is 9.85. The van der Waals surface area contributed by atoms with Crippen molar-refractivity contribution in [3.63, 3.8) is 0 Å². The number of anilines is 1. The van der Waals surface area contributed by atoms with Gasteiger partial charge in [0.2, 0.25) is 0 Å². The summed E-state index contributed by atoms with van der Waals surface area (Å²) in [6.45, 7) is 0.881. The molecular weight excluding hydrogens is 222 g/mol. The van der Waals surface area contributed by atoms with E-state index in [-0.39, 0.29) is 0 Å². The van der Waals surface area contributed by atoms with Crippen LogP contribution in [0.15, 0.2) is 29.2 Å². The minimum Gasteiger partial charge on any atom is -0.384 e. The highest BCUT2D eigenvalue weighted by Crippen LogP contribution is 2.28. The zero-order valence-electron chi connectivity index (χ0n) is 9.44. The molecule has 1 N–H and O–H groups in total. The zero-order chi connectivity index (χ0) is 11.6. The summed E-state index contributed by atoms with van der Waals surface area (Å²) in [4.78, 5) is 0.398. The molecule has 1 aromatic carbocycles. The molecule has 0 bridgehead atoms. The maximum Gasteiger partial charge on any atom is 0.177 e. The van der Waals surface area contributed by atoms with E-state index >= 15 is 0 Å². The molecule has 1 saturated carbocycles. The van der Waals surface area contributed by atoms with Crippen molar-refractivity contribution in [2.24, 2.45) is 5.92 Å². The standard InChI is InChI=1S/C12H17NO2S/c1-16(14,15)12-8-3-2-7-11(12)13-9-10-5-4-6-10/h2-3,7-8,10,13H,4-6,9H2,1H3. The van der Waals surface area contributed by atoms with Gasteiger partial charge in [0.15, 0.2) is 9.84 Å². The summed E-state index contributed by atoms with van der Waals surface area (Å²) >= 11 is 0. The number of rotatable bonds is 4. The van der Waals surface area contributed by atoms with Crippen molar-refractivity contribution < 1.29 is 8.42 Å². The minimum absolute atomic E-state index is 0.398. The Labute approximate surface area is 96.8 Å². The Morgan fingerprint density at radius 2 is 2.00 bits per heavy atom. The number of sulfone groups is 1. The van der Waals surface area contributed by atoms with Gasteiger partial charge >= 0.3 is 0 Å². The van der Waals surface area contributed by atoms with Crippen LogP contribution in [0.3, 0.4) is 0 Å². The van der Waals surface area contributed by atoms with Gasteiger partial charge in [-0.3, -0.25) is 0 Å². The van der Waals surface area contributed by atoms with E-state index in [1.165, 1.54) is 25.5 Å². The van der Waals surface area contributed by atoms with E-state index in [0.29, 0.717) is 10.8 Å². The fourth-order valence-electron chi connectivity index (χ4n) is 1.89. The molecule has 0 aromatic heterocycles. The Kier molecular flexibility index (Phi) is 3.19. The third-order valence-corrected chi connectivity index (χ3v) is 4.25. The monoisotopic (exact) mass is 239 g/mol. The van der Waals surface area contributed by atoms with Crippen molar-refractivity contribution >= 4 is 15.5 Å². The lowest BCUT2D eigenvalue weighted by Crippen LogP contribution is -2.21. The van der Waals surface area contributed by atoms with Crippen LogP contribution in [0.2, 0.25) is 0 Å². The predicted octanol–water partition coefficient (Wildman–Crippen LogP) is 2.30. The molecule has 16 heavy (non-hydrogen) atoms. The molecular formula is C12H17NO2S. The van der Waals surface area contributed by atoms with E-state index < -0.39 is 9.84 Å². The van der Waals surface area contributed by atoms with Crippen LogP contribution >= 0.6 is 0 Å². The van der Waals surface area contributed by atoms with E-state index in [1.807, 2.05) is 12.1 Å². The molecule has 1 aromatic rings. The summed E-state index contributed by atoms with van der Waals surface area (Å²) in [7, 11) is -3.13. The number of benzene rings is 1. The maximum atomic E-state index is 11.5. The Hall–Kier alpha value is -1.03. The number of para-hydroxylation sites is 1. The first-order valence-corrected chi connectivity index (χ1v) is 7.49. The van der Waals surface area contributed by atoms with Gasteiger partial charge in [-0.25, -0.2) is 8.42 Å². The van der Waals surface area contributed by atoms with E-state index in [2.05, 4.69) is 5.32 Å². The Balaban J connectivity index is 2.13. The first kappa shape index (κ1) is 11.5. The quantitative estimate of drug-likeness (QED) is 0.877. The van der Waals surface area contributed by atoms with Gasteiger partial charge in [0.05, 0.1) is 10.6 Å². The second-order valence-corrected chi connectivity index (χ2v) is 6.43. The molecule has 1 aliphatic carbocycles. The predicted molar refractivity (Wildman–Crippen MR) is 65.4 cm³/mol. The van der Waals surface area contributed by atoms with Gasteiger partial charge in [0.25, 0.3) is 0 Å². The smallest absolute Gasteiger partial charge is 0.177 e. The minimum atomic E-state index is -3.13. The first-order valence-electron chi connectivity index (χ1n) is 5.60. The second-order valence-electron chi connectivity index (χ2n) is 4.45. The summed E-state index contributed by atoms with van der Waals surface area (Å²) in [5.41, 5.74) is 0.733. The second kappa shape index (κ2) is 4.45. The summed E-state index contributed by atoms with van der Waals surface area (Å²) in [5, 5.41) is 3.24. The van der Waals surface area contributed by atoms with Crippen molar-refractivity contribution in [3.05, 3.63) is 24.3 Å². The van der Waals surface area contributed by atoms with Gasteiger partial charge in [-0.15, -0.1) is 0 Å². The SMILES string of the molecule is CS(=O)(=O)c1ccccc1NCC1CCC1. The molecule has 0 radical (unpaired) electrons. The van der Waals surface area contributed by atoms with Gasteiger partial charge in [-0.05, 0) is 30.9 Å². The average Bonchev–Trinajstić information content (AvgIpc) is 2.14. The summed E-state index contributed by atoms with van der Waals surface area (Å²) in [6.07, 6.45) is 5.07. The van der Waals surface area contributed by atoms with E-state index in [9.17, 15) is 8.42 Å². The normalized spacial score (nSPS) is 16.8. The highest BCUT2D eigenvalue weighted by atomic mass is 32.2. The molecule has 88 valence electrons. The summed E-state index contributed by atoms with van der Waals surface area (Å²) in [6, 6.07) is 7.09. The molecule has 0 unspecified atom stereocenters. The first-order chi connectivity index (χ1) is 7.57. The van der Waals surface area contributed by atoms with Crippen LogP contribution in [0.4, 0.5) is 5.69 Å². The molecule has 0 aliphatic heterocycles. The van der Waals surface area contributed by atoms with Crippen LogP contribution in [0.1, 0.15) is 19.3 Å². The van der Waals surface area contributed by atoms with Gasteiger partial charge in [-0.2, -0.15) is 0 Å². The molecule has 0 amide bonds. The number of nitrogens with one attached hydrogen (secondary N) is 1. The van der Waals surface area contributed by atoms with Crippen LogP contribution in [-0.2, 0) is 9.84 Å². The van der Waals surface area contributed by atoms with Crippen molar-refractivity contribution in [1.29, 1.82) is 0 Å². The molecule has 4 heteroatoms. The third kappa shape index (κ3) is 2.55. The van der Waals surface area contributed by atoms with Gasteiger partial charge in [0, 0.05) is 12.8 Å². The molecule has 2 rings (SSSR count). The van der Waals surface area contributed by atoms with Crippen LogP contribution in [0.5, 0.6) is 0 Å². The number of hydrogen-bond acceptors (Lipinski definition) is 3. The molecule has 0 saturated heterocycles. The topological polar surface area (TPSA) is 46.2 Å². The van der Waals surface area contributed by atoms with E-state index in [0.717, 1.165) is 12.2 Å². The fraction of sp³-hybridized carbons (Fsp3) is 0.500. The summed E-state index contributed by atoms with van der Waals surface area (Å²) in [5.74, 6) is 0.715. The van der Waals surface area contributed by atoms with Crippen molar-refractivity contribution in [1.82, 2.24) is 0 Å². The molecule has 1 aliphatic rings. The maximum absolute atomic E-state index is 11.5. The highest BCUT2D eigenvalue weighted by molar-refractivity contribution is 7.90. The van der Waals surface area contributed by atoms with Crippen LogP contribution < -0.4 is 5.32 Å². The van der Waals surface area contributed by atoms with Crippen LogP contribution in [-0.4, -0.2) is 21.2 Å². The largest absolute Gasteiger partial charge is 0.384 e. The molecule has 3 nitrogen and oxygen atoms in total. The zero-order valence-corrected chi connectivity index (χ0v) is 10.3. The molecule has 1 fully saturated rings. The lowest BCUT2D eigenvalue weighted by Gasteiger charge is -2.26. The Morgan fingerprint density at radius 3 is 2.56 bits per heavy atom. The molecule has 0 heterocycles. The average molecular weight is 239 g/mol. The molecule has 0 atom stereocenters. The van der Waals surface area contributed by atoms with Gasteiger partial charge < -0.3 is 5.32 Å². The fourth-order valence-corrected chi connectivity index (χ4v) is 2.75. The summed E-state index contributed by atoms with van der Waals surface area (Å²) < 4.78 is 23.1. The Bertz CT molecular complexity index is 464. The van der Waals surface area contributed by atoms with Gasteiger partial charge in [0.1, 0.15) is 0 Å². The highest BCUT2D eigenvalue weighted by Gasteiger charge is 2.18. The van der Waals surface area contributed by atoms with E-state index in [4.69, 9.17) is 0 Å². The van der Waals surface area contributed by atoms with Crippen LogP contribution in [0, 0.1) is 5.92 Å². The van der Waals surface area contributed by atoms with Crippen LogP contribution in [0.25, 0.3) is 0 Å². The number of hydrogen-bond donors (Lipinski definition) is 1. The lowest BCUT2D eigenvalue weighted by molar-refractivity contribution is 0.333.